The molecule has 2 aromatic rings. The standard InChI is InChI=1S/C20H23NO4/c1-4-25-20(24)18-10-16(15-7-5-13(2)6-8-15)9-17(11-18)19(23)21-14(3)12-22/h5-11,14,22H,4,12H2,1-3H3,(H,21,23). The molecule has 0 fully saturated rings. The van der Waals surface area contributed by atoms with Crippen molar-refractivity contribution in [3.8, 4) is 11.1 Å². The zero-order valence-corrected chi connectivity index (χ0v) is 14.7. The van der Waals surface area contributed by atoms with Crippen molar-refractivity contribution in [2.75, 3.05) is 13.2 Å². The Balaban J connectivity index is 2.46. The highest BCUT2D eigenvalue weighted by atomic mass is 16.5. The third-order valence-electron chi connectivity index (χ3n) is 3.74. The van der Waals surface area contributed by atoms with Crippen molar-refractivity contribution in [3.63, 3.8) is 0 Å². The number of ether oxygens (including phenoxy) is 1. The van der Waals surface area contributed by atoms with Crippen molar-refractivity contribution in [2.45, 2.75) is 26.8 Å². The lowest BCUT2D eigenvalue weighted by Gasteiger charge is -2.13. The fourth-order valence-corrected chi connectivity index (χ4v) is 2.36. The molecule has 1 atom stereocenters. The molecular formula is C20H23NO4. The van der Waals surface area contributed by atoms with Crippen LogP contribution in [0.2, 0.25) is 0 Å². The number of carbonyl (C=O) groups excluding carboxylic acids is 2. The Morgan fingerprint density at radius 1 is 1.08 bits per heavy atom. The smallest absolute Gasteiger partial charge is 0.338 e. The van der Waals surface area contributed by atoms with Crippen LogP contribution >= 0.6 is 0 Å². The maximum atomic E-state index is 12.4. The van der Waals surface area contributed by atoms with Gasteiger partial charge in [-0.2, -0.15) is 0 Å². The average Bonchev–Trinajstić information content (AvgIpc) is 2.62. The van der Waals surface area contributed by atoms with Gasteiger partial charge < -0.3 is 15.2 Å². The summed E-state index contributed by atoms with van der Waals surface area (Å²) >= 11 is 0. The largest absolute Gasteiger partial charge is 0.462 e. The second-order valence-electron chi connectivity index (χ2n) is 5.94. The molecule has 2 N–H and O–H groups in total. The van der Waals surface area contributed by atoms with E-state index in [1.54, 1.807) is 26.0 Å². The van der Waals surface area contributed by atoms with Crippen LogP contribution in [-0.2, 0) is 4.74 Å². The Labute approximate surface area is 147 Å². The van der Waals surface area contributed by atoms with Gasteiger partial charge in [-0.3, -0.25) is 4.79 Å². The molecule has 5 heteroatoms. The van der Waals surface area contributed by atoms with E-state index in [4.69, 9.17) is 9.84 Å². The van der Waals surface area contributed by atoms with Crippen LogP contribution in [0.1, 0.15) is 40.1 Å². The van der Waals surface area contributed by atoms with E-state index in [0.29, 0.717) is 11.1 Å². The molecular weight excluding hydrogens is 318 g/mol. The number of esters is 1. The van der Waals surface area contributed by atoms with E-state index in [9.17, 15) is 9.59 Å². The van der Waals surface area contributed by atoms with Crippen molar-refractivity contribution in [2.24, 2.45) is 0 Å². The van der Waals surface area contributed by atoms with Crippen LogP contribution in [0, 0.1) is 6.92 Å². The number of carbonyl (C=O) groups is 2. The van der Waals surface area contributed by atoms with Crippen LogP contribution in [0.15, 0.2) is 42.5 Å². The molecule has 0 spiro atoms. The van der Waals surface area contributed by atoms with Crippen LogP contribution in [0.3, 0.4) is 0 Å². The molecule has 0 bridgehead atoms. The Bertz CT molecular complexity index is 753. The minimum absolute atomic E-state index is 0.159. The van der Waals surface area contributed by atoms with E-state index in [-0.39, 0.29) is 25.2 Å². The number of aliphatic hydroxyl groups is 1. The summed E-state index contributed by atoms with van der Waals surface area (Å²) < 4.78 is 5.06. The van der Waals surface area contributed by atoms with Crippen LogP contribution in [-0.4, -0.2) is 36.2 Å². The zero-order valence-electron chi connectivity index (χ0n) is 14.7. The fourth-order valence-electron chi connectivity index (χ4n) is 2.36. The Kier molecular flexibility index (Phi) is 6.31. The lowest BCUT2D eigenvalue weighted by molar-refractivity contribution is 0.0526. The number of rotatable bonds is 6. The van der Waals surface area contributed by atoms with Gasteiger partial charge in [0.1, 0.15) is 0 Å². The molecule has 0 radical (unpaired) electrons. The summed E-state index contributed by atoms with van der Waals surface area (Å²) in [5.74, 6) is -0.818. The zero-order chi connectivity index (χ0) is 18.4. The van der Waals surface area contributed by atoms with Gasteiger partial charge in [0.15, 0.2) is 0 Å². The first-order valence-electron chi connectivity index (χ1n) is 8.25. The van der Waals surface area contributed by atoms with Gasteiger partial charge in [0.05, 0.1) is 18.8 Å². The van der Waals surface area contributed by atoms with E-state index in [0.717, 1.165) is 16.7 Å². The number of benzene rings is 2. The summed E-state index contributed by atoms with van der Waals surface area (Å²) in [4.78, 5) is 24.6. The predicted molar refractivity (Wildman–Crippen MR) is 96.6 cm³/mol. The maximum Gasteiger partial charge on any atom is 0.338 e. The summed E-state index contributed by atoms with van der Waals surface area (Å²) in [5, 5.41) is 11.8. The second-order valence-corrected chi connectivity index (χ2v) is 5.94. The molecule has 0 aliphatic heterocycles. The molecule has 25 heavy (non-hydrogen) atoms. The third-order valence-corrected chi connectivity index (χ3v) is 3.74. The van der Waals surface area contributed by atoms with E-state index < -0.39 is 5.97 Å². The van der Waals surface area contributed by atoms with Gasteiger partial charge in [0.2, 0.25) is 0 Å². The summed E-state index contributed by atoms with van der Waals surface area (Å²) in [6.07, 6.45) is 0. The van der Waals surface area contributed by atoms with Gasteiger partial charge in [-0.15, -0.1) is 0 Å². The van der Waals surface area contributed by atoms with Crippen molar-refractivity contribution in [1.29, 1.82) is 0 Å². The first kappa shape index (κ1) is 18.7. The van der Waals surface area contributed by atoms with Gasteiger partial charge in [0.25, 0.3) is 5.91 Å². The van der Waals surface area contributed by atoms with Crippen molar-refractivity contribution in [1.82, 2.24) is 5.32 Å². The first-order valence-corrected chi connectivity index (χ1v) is 8.25. The molecule has 132 valence electrons. The first-order chi connectivity index (χ1) is 11.9. The fraction of sp³-hybridized carbons (Fsp3) is 0.300. The van der Waals surface area contributed by atoms with Gasteiger partial charge in [-0.05, 0) is 50.1 Å². The molecule has 2 aromatic carbocycles. The highest BCUT2D eigenvalue weighted by Gasteiger charge is 2.16. The SMILES string of the molecule is CCOC(=O)c1cc(C(=O)NC(C)CO)cc(-c2ccc(C)cc2)c1. The monoisotopic (exact) mass is 341 g/mol. The number of hydrogen-bond donors (Lipinski definition) is 2. The van der Waals surface area contributed by atoms with Crippen molar-refractivity contribution < 1.29 is 19.4 Å². The minimum atomic E-state index is -0.472. The molecule has 5 nitrogen and oxygen atoms in total. The van der Waals surface area contributed by atoms with Crippen LogP contribution in [0.5, 0.6) is 0 Å². The lowest BCUT2D eigenvalue weighted by atomic mass is 9.98. The summed E-state index contributed by atoms with van der Waals surface area (Å²) in [5.41, 5.74) is 3.46. The predicted octanol–water partition coefficient (Wildman–Crippen LogP) is 2.95. The molecule has 0 heterocycles. The lowest BCUT2D eigenvalue weighted by Crippen LogP contribution is -2.35. The molecule has 0 saturated carbocycles. The number of amides is 1. The average molecular weight is 341 g/mol. The molecule has 0 aliphatic carbocycles. The minimum Gasteiger partial charge on any atom is -0.462 e. The number of aryl methyl sites for hydroxylation is 1. The molecule has 1 unspecified atom stereocenters. The summed E-state index contributed by atoms with van der Waals surface area (Å²) in [7, 11) is 0. The molecule has 0 saturated heterocycles. The summed E-state index contributed by atoms with van der Waals surface area (Å²) in [6, 6.07) is 12.4. The van der Waals surface area contributed by atoms with Crippen molar-refractivity contribution in [3.05, 3.63) is 59.2 Å². The Hall–Kier alpha value is -2.66. The highest BCUT2D eigenvalue weighted by molar-refractivity contribution is 6.00. The van der Waals surface area contributed by atoms with Gasteiger partial charge in [0, 0.05) is 11.6 Å². The maximum absolute atomic E-state index is 12.4. The molecule has 1 amide bonds. The number of hydrogen-bond acceptors (Lipinski definition) is 4. The Morgan fingerprint density at radius 3 is 2.32 bits per heavy atom. The quantitative estimate of drug-likeness (QED) is 0.792. The topological polar surface area (TPSA) is 75.6 Å². The van der Waals surface area contributed by atoms with E-state index in [1.807, 2.05) is 31.2 Å². The van der Waals surface area contributed by atoms with Crippen LogP contribution in [0.25, 0.3) is 11.1 Å². The van der Waals surface area contributed by atoms with Crippen LogP contribution in [0.4, 0.5) is 0 Å². The van der Waals surface area contributed by atoms with E-state index in [2.05, 4.69) is 5.32 Å². The second kappa shape index (κ2) is 8.44. The van der Waals surface area contributed by atoms with Crippen LogP contribution < -0.4 is 5.32 Å². The van der Waals surface area contributed by atoms with Gasteiger partial charge in [-0.25, -0.2) is 4.79 Å². The van der Waals surface area contributed by atoms with Crippen molar-refractivity contribution >= 4 is 11.9 Å². The summed E-state index contributed by atoms with van der Waals surface area (Å²) in [6.45, 7) is 5.53. The number of aliphatic hydroxyl groups excluding tert-OH is 1. The van der Waals surface area contributed by atoms with Gasteiger partial charge >= 0.3 is 5.97 Å². The highest BCUT2D eigenvalue weighted by Crippen LogP contribution is 2.24. The molecule has 2 rings (SSSR count). The van der Waals surface area contributed by atoms with E-state index >= 15 is 0 Å². The normalized spacial score (nSPS) is 11.7. The Morgan fingerprint density at radius 2 is 1.72 bits per heavy atom. The van der Waals surface area contributed by atoms with E-state index in [1.165, 1.54) is 6.07 Å². The van der Waals surface area contributed by atoms with Gasteiger partial charge in [-0.1, -0.05) is 29.8 Å². The third kappa shape index (κ3) is 4.90. The molecule has 0 aromatic heterocycles. The molecule has 0 aliphatic rings. The number of nitrogens with one attached hydrogen (secondary N) is 1.